The highest BCUT2D eigenvalue weighted by molar-refractivity contribution is 7.21. The molecule has 14 rings (SSSR count). The quantitative estimate of drug-likeness (QED) is 0.173. The summed E-state index contributed by atoms with van der Waals surface area (Å²) < 4.78 is 9.72. The summed E-state index contributed by atoms with van der Waals surface area (Å²) in [6, 6.07) is 69.6. The average Bonchev–Trinajstić information content (AvgIpc) is 4.16. The summed E-state index contributed by atoms with van der Waals surface area (Å²) in [5, 5.41) is 11.9. The maximum absolute atomic E-state index is 5.34. The maximum Gasteiger partial charge on any atom is 0.238 e. The molecule has 0 amide bonds. The zero-order chi connectivity index (χ0) is 41.2. The number of nitrogens with zero attached hydrogens (tertiary/aromatic N) is 6. The molecule has 0 spiro atoms. The number of hydrogen-bond donors (Lipinski definition) is 0. The molecule has 6 nitrogen and oxygen atoms in total. The van der Waals surface area contributed by atoms with Gasteiger partial charge in [0.25, 0.3) is 0 Å². The molecule has 0 saturated heterocycles. The second-order valence-electron chi connectivity index (χ2n) is 16.1. The number of fused-ring (bicyclic) bond motifs is 11. The van der Waals surface area contributed by atoms with Crippen molar-refractivity contribution in [3.63, 3.8) is 0 Å². The molecule has 294 valence electrons. The van der Waals surface area contributed by atoms with Gasteiger partial charge in [-0.15, -0.1) is 22.7 Å². The number of thiophene rings is 2. The van der Waals surface area contributed by atoms with Crippen LogP contribution in [0.2, 0.25) is 0 Å². The van der Waals surface area contributed by atoms with Gasteiger partial charge in [0, 0.05) is 52.8 Å². The lowest BCUT2D eigenvalue weighted by Crippen LogP contribution is -2.06. The second-order valence-corrected chi connectivity index (χ2v) is 18.2. The lowest BCUT2D eigenvalue weighted by molar-refractivity contribution is 0.954. The molecule has 0 radical (unpaired) electrons. The summed E-state index contributed by atoms with van der Waals surface area (Å²) in [4.78, 5) is 15.8. The van der Waals surface area contributed by atoms with Crippen molar-refractivity contribution >= 4 is 108 Å². The smallest absolute Gasteiger partial charge is 0.238 e. The zero-order valence-corrected chi connectivity index (χ0v) is 35.1. The summed E-state index contributed by atoms with van der Waals surface area (Å²) in [6.07, 6.45) is 0. The van der Waals surface area contributed by atoms with Crippen LogP contribution in [0.4, 0.5) is 0 Å². The molecular formula is C55H32N6S2. The minimum Gasteiger partial charge on any atom is -0.301 e. The Morgan fingerprint density at radius 3 is 1.14 bits per heavy atom. The van der Waals surface area contributed by atoms with Crippen LogP contribution in [0.25, 0.3) is 124 Å². The van der Waals surface area contributed by atoms with Gasteiger partial charge in [0.1, 0.15) is 10.0 Å². The van der Waals surface area contributed by atoms with E-state index in [1.165, 1.54) is 62.8 Å². The third kappa shape index (κ3) is 5.19. The number of benzene rings is 8. The van der Waals surface area contributed by atoms with Crippen LogP contribution in [-0.4, -0.2) is 28.7 Å². The fraction of sp³-hybridized carbons (Fsp3) is 0. The molecule has 0 aliphatic carbocycles. The molecule has 0 atom stereocenters. The monoisotopic (exact) mass is 840 g/mol. The largest absolute Gasteiger partial charge is 0.301 e. The van der Waals surface area contributed by atoms with E-state index in [0.717, 1.165) is 44.0 Å². The van der Waals surface area contributed by atoms with Crippen LogP contribution in [0.1, 0.15) is 0 Å². The van der Waals surface area contributed by atoms with Gasteiger partial charge in [0.15, 0.2) is 11.6 Å². The van der Waals surface area contributed by atoms with E-state index in [0.29, 0.717) is 17.6 Å². The molecule has 0 aliphatic rings. The highest BCUT2D eigenvalue weighted by Crippen LogP contribution is 2.45. The summed E-state index contributed by atoms with van der Waals surface area (Å²) >= 11 is 3.66. The van der Waals surface area contributed by atoms with Gasteiger partial charge in [-0.1, -0.05) is 133 Å². The molecular weight excluding hydrogens is 809 g/mol. The summed E-state index contributed by atoms with van der Waals surface area (Å²) in [5.74, 6) is 1.82. The van der Waals surface area contributed by atoms with Crippen LogP contribution in [-0.2, 0) is 0 Å². The van der Waals surface area contributed by atoms with Crippen molar-refractivity contribution in [3.05, 3.63) is 194 Å². The van der Waals surface area contributed by atoms with Crippen LogP contribution in [0.15, 0.2) is 194 Å². The van der Waals surface area contributed by atoms with Crippen LogP contribution >= 0.6 is 22.7 Å². The third-order valence-corrected chi connectivity index (χ3v) is 14.7. The number of hydrogen-bond acceptors (Lipinski definition) is 5. The fourth-order valence-corrected chi connectivity index (χ4v) is 11.9. The minimum absolute atomic E-state index is 0.572. The second kappa shape index (κ2) is 13.3. The fourth-order valence-electron chi connectivity index (χ4n) is 9.68. The Kier molecular flexibility index (Phi) is 7.34. The van der Waals surface area contributed by atoms with Gasteiger partial charge in [0.2, 0.25) is 5.95 Å². The Morgan fingerprint density at radius 2 is 0.683 bits per heavy atom. The Morgan fingerprint density at radius 1 is 0.302 bits per heavy atom. The minimum atomic E-state index is 0.572. The van der Waals surface area contributed by atoms with Gasteiger partial charge >= 0.3 is 0 Å². The molecule has 0 unspecified atom stereocenters. The van der Waals surface area contributed by atoms with Crippen molar-refractivity contribution in [1.82, 2.24) is 28.7 Å². The third-order valence-electron chi connectivity index (χ3n) is 12.5. The van der Waals surface area contributed by atoms with E-state index in [4.69, 9.17) is 15.0 Å². The van der Waals surface area contributed by atoms with E-state index in [1.807, 2.05) is 59.1 Å². The van der Waals surface area contributed by atoms with Crippen LogP contribution in [0.3, 0.4) is 0 Å². The molecule has 63 heavy (non-hydrogen) atoms. The molecule has 0 saturated carbocycles. The van der Waals surface area contributed by atoms with Crippen molar-refractivity contribution in [2.45, 2.75) is 0 Å². The van der Waals surface area contributed by atoms with E-state index in [2.05, 4.69) is 171 Å². The van der Waals surface area contributed by atoms with Crippen molar-refractivity contribution < 1.29 is 0 Å². The van der Waals surface area contributed by atoms with E-state index in [-0.39, 0.29) is 0 Å². The van der Waals surface area contributed by atoms with Gasteiger partial charge in [-0.25, -0.2) is 4.98 Å². The van der Waals surface area contributed by atoms with Gasteiger partial charge in [0.05, 0.1) is 33.1 Å². The van der Waals surface area contributed by atoms with E-state index in [9.17, 15) is 0 Å². The number of rotatable bonds is 5. The molecule has 0 fully saturated rings. The van der Waals surface area contributed by atoms with Crippen molar-refractivity contribution in [2.24, 2.45) is 0 Å². The average molecular weight is 841 g/mol. The number of aromatic nitrogens is 6. The van der Waals surface area contributed by atoms with Crippen LogP contribution < -0.4 is 0 Å². The highest BCUT2D eigenvalue weighted by atomic mass is 32.1. The van der Waals surface area contributed by atoms with Gasteiger partial charge < -0.3 is 9.13 Å². The van der Waals surface area contributed by atoms with Gasteiger partial charge in [-0.2, -0.15) is 9.97 Å². The Labute approximate surface area is 367 Å². The maximum atomic E-state index is 5.34. The number of para-hydroxylation sites is 2. The Bertz CT molecular complexity index is 3820. The first-order chi connectivity index (χ1) is 31.2. The molecule has 6 aromatic heterocycles. The van der Waals surface area contributed by atoms with Crippen molar-refractivity contribution in [3.8, 4) is 38.7 Å². The molecule has 8 heteroatoms. The molecule has 14 aromatic rings. The SMILES string of the molecule is c1ccc(-c2nc(-c3ccccc3)nc(-n3c4cc5c6ccccc6n(-c6cc7ccccc7s6)c5cc4c4cc5c(cc43)c3ccccc3n5-c3cc4ccccc4s3)n2)cc1. The van der Waals surface area contributed by atoms with Crippen LogP contribution in [0, 0.1) is 0 Å². The standard InChI is InChI=1S/C55H32N6S2/c1-3-15-33(16-4-1)53-56-54(34-17-5-2-6-18-34)58-55(57-53)61-47-29-39-37-21-9-11-23-43(37)59(51-27-35-19-7-13-25-49(35)62-51)45(39)31-41(47)42-32-46-40(30-48(42)61)38-22-10-12-24-44(38)60(46)52-28-36-20-8-14-26-50(36)63-52/h1-32H. The zero-order valence-electron chi connectivity index (χ0n) is 33.5. The predicted octanol–water partition coefficient (Wildman–Crippen LogP) is 14.9. The van der Waals surface area contributed by atoms with E-state index >= 15 is 0 Å². The van der Waals surface area contributed by atoms with Gasteiger partial charge in [-0.05, 0) is 71.4 Å². The topological polar surface area (TPSA) is 53.5 Å². The van der Waals surface area contributed by atoms with E-state index < -0.39 is 0 Å². The van der Waals surface area contributed by atoms with E-state index in [1.54, 1.807) is 0 Å². The normalized spacial score (nSPS) is 12.1. The van der Waals surface area contributed by atoms with Crippen LogP contribution in [0.5, 0.6) is 0 Å². The molecule has 0 bridgehead atoms. The molecule has 8 aromatic carbocycles. The first-order valence-corrected chi connectivity index (χ1v) is 22.6. The highest BCUT2D eigenvalue weighted by Gasteiger charge is 2.24. The lowest BCUT2D eigenvalue weighted by Gasteiger charge is -2.11. The molecule has 6 heterocycles. The first-order valence-electron chi connectivity index (χ1n) is 21.0. The first kappa shape index (κ1) is 34.8. The summed E-state index contributed by atoms with van der Waals surface area (Å²) in [5.41, 5.74) is 8.59. The summed E-state index contributed by atoms with van der Waals surface area (Å²) in [6.45, 7) is 0. The summed E-state index contributed by atoms with van der Waals surface area (Å²) in [7, 11) is 0. The Balaban J connectivity index is 1.15. The molecule has 0 N–H and O–H groups in total. The van der Waals surface area contributed by atoms with Crippen molar-refractivity contribution in [1.29, 1.82) is 0 Å². The van der Waals surface area contributed by atoms with Gasteiger partial charge in [-0.3, -0.25) is 4.57 Å². The lowest BCUT2D eigenvalue weighted by atomic mass is 10.1. The van der Waals surface area contributed by atoms with Crippen molar-refractivity contribution in [2.75, 3.05) is 0 Å². The Hall–Kier alpha value is -7.91. The molecule has 0 aliphatic heterocycles. The predicted molar refractivity (Wildman–Crippen MR) is 264 cm³/mol.